The first-order valence-electron chi connectivity index (χ1n) is 11.3. The summed E-state index contributed by atoms with van der Waals surface area (Å²) in [4.78, 5) is 27.4. The van der Waals surface area contributed by atoms with E-state index in [1.54, 1.807) is 21.7 Å². The molecule has 0 saturated carbocycles. The number of hydrogen-bond acceptors (Lipinski definition) is 4. The lowest BCUT2D eigenvalue weighted by atomic mass is 9.97. The molecule has 1 saturated heterocycles. The smallest absolute Gasteiger partial charge is 0.309 e. The number of piperidine rings is 1. The maximum atomic E-state index is 13.6. The highest BCUT2D eigenvalue weighted by Crippen LogP contribution is 2.27. The second-order valence-corrected chi connectivity index (χ2v) is 8.86. The van der Waals surface area contributed by atoms with E-state index in [1.165, 1.54) is 11.1 Å². The summed E-state index contributed by atoms with van der Waals surface area (Å²) in [6.45, 7) is 7.33. The van der Waals surface area contributed by atoms with Crippen LogP contribution in [0.4, 0.5) is 0 Å². The minimum absolute atomic E-state index is 0.102. The van der Waals surface area contributed by atoms with Gasteiger partial charge < -0.3 is 9.64 Å². The largest absolute Gasteiger partial charge is 0.466 e. The number of likely N-dealkylation sites (tertiary alicyclic amines) is 1. The van der Waals surface area contributed by atoms with Gasteiger partial charge in [0, 0.05) is 23.7 Å². The predicted octanol–water partition coefficient (Wildman–Crippen LogP) is 5.22. The lowest BCUT2D eigenvalue weighted by Gasteiger charge is -2.30. The van der Waals surface area contributed by atoms with Crippen LogP contribution in [0.5, 0.6) is 0 Å². The molecule has 172 valence electrons. The second-order valence-electron chi connectivity index (χ2n) is 8.42. The van der Waals surface area contributed by atoms with Crippen LogP contribution < -0.4 is 0 Å². The summed E-state index contributed by atoms with van der Waals surface area (Å²) >= 11 is 6.08. The molecular formula is C26H28ClN3O3. The SMILES string of the molecule is CCOC(=O)C1CCN(C(=O)c2cc(-c3ccc(C)c(C)c3)nn2-c2ccc(Cl)cc2)CC1. The molecule has 0 bridgehead atoms. The summed E-state index contributed by atoms with van der Waals surface area (Å²) in [5.74, 6) is -0.427. The molecule has 7 heteroatoms. The predicted molar refractivity (Wildman–Crippen MR) is 129 cm³/mol. The van der Waals surface area contributed by atoms with Gasteiger partial charge in [0.1, 0.15) is 5.69 Å². The number of benzene rings is 2. The topological polar surface area (TPSA) is 64.4 Å². The van der Waals surface area contributed by atoms with Crippen molar-refractivity contribution in [3.63, 3.8) is 0 Å². The molecule has 1 amide bonds. The Morgan fingerprint density at radius 2 is 1.73 bits per heavy atom. The van der Waals surface area contributed by atoms with E-state index in [0.717, 1.165) is 16.9 Å². The fourth-order valence-corrected chi connectivity index (χ4v) is 4.22. The first-order chi connectivity index (χ1) is 15.9. The van der Waals surface area contributed by atoms with Crippen molar-refractivity contribution >= 4 is 23.5 Å². The Morgan fingerprint density at radius 1 is 1.03 bits per heavy atom. The van der Waals surface area contributed by atoms with Gasteiger partial charge in [0.25, 0.3) is 5.91 Å². The molecule has 2 heterocycles. The number of aromatic nitrogens is 2. The number of aryl methyl sites for hydroxylation is 2. The number of halogens is 1. The third-order valence-corrected chi connectivity index (χ3v) is 6.46. The fraction of sp³-hybridized carbons (Fsp3) is 0.346. The maximum absolute atomic E-state index is 13.6. The molecular weight excluding hydrogens is 438 g/mol. The average Bonchev–Trinajstić information content (AvgIpc) is 3.26. The van der Waals surface area contributed by atoms with Crippen LogP contribution in [0.3, 0.4) is 0 Å². The van der Waals surface area contributed by atoms with Crippen LogP contribution in [-0.2, 0) is 9.53 Å². The quantitative estimate of drug-likeness (QED) is 0.484. The van der Waals surface area contributed by atoms with Gasteiger partial charge in [-0.05, 0) is 81.1 Å². The van der Waals surface area contributed by atoms with Crippen LogP contribution in [0.1, 0.15) is 41.4 Å². The van der Waals surface area contributed by atoms with Crippen molar-refractivity contribution in [3.05, 3.63) is 70.4 Å². The zero-order valence-corrected chi connectivity index (χ0v) is 19.9. The Balaban J connectivity index is 1.65. The number of nitrogens with zero attached hydrogens (tertiary/aromatic N) is 3. The van der Waals surface area contributed by atoms with E-state index in [0.29, 0.717) is 43.3 Å². The van der Waals surface area contributed by atoms with Crippen LogP contribution in [-0.4, -0.2) is 46.3 Å². The number of carbonyl (C=O) groups is 2. The Kier molecular flexibility index (Phi) is 6.84. The van der Waals surface area contributed by atoms with E-state index in [4.69, 9.17) is 21.4 Å². The van der Waals surface area contributed by atoms with Crippen LogP contribution in [0, 0.1) is 19.8 Å². The standard InChI is InChI=1S/C26H28ClN3O3/c1-4-33-26(32)19-11-13-29(14-12-19)25(31)24-16-23(20-6-5-17(2)18(3)15-20)28-30(24)22-9-7-21(27)8-10-22/h5-10,15-16,19H,4,11-14H2,1-3H3. The molecule has 1 aliphatic heterocycles. The number of rotatable bonds is 5. The Labute approximate surface area is 199 Å². The van der Waals surface area contributed by atoms with E-state index in [2.05, 4.69) is 26.0 Å². The van der Waals surface area contributed by atoms with E-state index in [-0.39, 0.29) is 17.8 Å². The van der Waals surface area contributed by atoms with Crippen molar-refractivity contribution in [2.75, 3.05) is 19.7 Å². The van der Waals surface area contributed by atoms with E-state index in [9.17, 15) is 9.59 Å². The number of carbonyl (C=O) groups excluding carboxylic acids is 2. The summed E-state index contributed by atoms with van der Waals surface area (Å²) < 4.78 is 6.83. The molecule has 3 aromatic rings. The van der Waals surface area contributed by atoms with Gasteiger partial charge in [0.2, 0.25) is 0 Å². The van der Waals surface area contributed by atoms with Crippen LogP contribution >= 0.6 is 11.6 Å². The van der Waals surface area contributed by atoms with E-state index >= 15 is 0 Å². The van der Waals surface area contributed by atoms with Crippen LogP contribution in [0.25, 0.3) is 16.9 Å². The van der Waals surface area contributed by atoms with Crippen LogP contribution in [0.15, 0.2) is 48.5 Å². The van der Waals surface area contributed by atoms with Crippen molar-refractivity contribution in [2.24, 2.45) is 5.92 Å². The number of ether oxygens (including phenoxy) is 1. The number of esters is 1. The monoisotopic (exact) mass is 465 g/mol. The minimum Gasteiger partial charge on any atom is -0.466 e. The molecule has 1 aromatic heterocycles. The highest BCUT2D eigenvalue weighted by atomic mass is 35.5. The van der Waals surface area contributed by atoms with Gasteiger partial charge in [-0.25, -0.2) is 4.68 Å². The van der Waals surface area contributed by atoms with Crippen molar-refractivity contribution in [3.8, 4) is 16.9 Å². The van der Waals surface area contributed by atoms with E-state index < -0.39 is 0 Å². The first-order valence-corrected chi connectivity index (χ1v) is 11.6. The minimum atomic E-state index is -0.173. The fourth-order valence-electron chi connectivity index (χ4n) is 4.09. The van der Waals surface area contributed by atoms with Gasteiger partial charge in [-0.2, -0.15) is 5.10 Å². The summed E-state index contributed by atoms with van der Waals surface area (Å²) in [5.41, 5.74) is 5.32. The molecule has 0 atom stereocenters. The molecule has 0 unspecified atom stereocenters. The summed E-state index contributed by atoms with van der Waals surface area (Å²) in [6, 6.07) is 15.3. The van der Waals surface area contributed by atoms with E-state index in [1.807, 2.05) is 31.2 Å². The number of hydrogen-bond donors (Lipinski definition) is 0. The van der Waals surface area contributed by atoms with Gasteiger partial charge in [-0.15, -0.1) is 0 Å². The van der Waals surface area contributed by atoms with Crippen molar-refractivity contribution in [2.45, 2.75) is 33.6 Å². The Hall–Kier alpha value is -3.12. The first kappa shape index (κ1) is 23.1. The lowest BCUT2D eigenvalue weighted by molar-refractivity contribution is -0.149. The molecule has 0 radical (unpaired) electrons. The highest BCUT2D eigenvalue weighted by molar-refractivity contribution is 6.30. The van der Waals surface area contributed by atoms with Gasteiger partial charge in [0.15, 0.2) is 0 Å². The molecule has 33 heavy (non-hydrogen) atoms. The summed E-state index contributed by atoms with van der Waals surface area (Å²) in [5, 5.41) is 5.41. The van der Waals surface area contributed by atoms with Gasteiger partial charge in [-0.3, -0.25) is 9.59 Å². The summed E-state index contributed by atoms with van der Waals surface area (Å²) in [7, 11) is 0. The lowest BCUT2D eigenvalue weighted by Crippen LogP contribution is -2.41. The molecule has 1 aliphatic rings. The zero-order valence-electron chi connectivity index (χ0n) is 19.2. The normalized spacial score (nSPS) is 14.4. The third kappa shape index (κ3) is 4.96. The summed E-state index contributed by atoms with van der Waals surface area (Å²) in [6.07, 6.45) is 1.20. The number of amides is 1. The Bertz CT molecular complexity index is 1160. The molecule has 0 aliphatic carbocycles. The maximum Gasteiger partial charge on any atom is 0.309 e. The van der Waals surface area contributed by atoms with Crippen molar-refractivity contribution < 1.29 is 14.3 Å². The molecule has 4 rings (SSSR count). The zero-order chi connectivity index (χ0) is 23.5. The molecule has 0 spiro atoms. The molecule has 0 N–H and O–H groups in total. The average molecular weight is 466 g/mol. The van der Waals surface area contributed by atoms with Crippen LogP contribution in [0.2, 0.25) is 5.02 Å². The molecule has 6 nitrogen and oxygen atoms in total. The van der Waals surface area contributed by atoms with Gasteiger partial charge >= 0.3 is 5.97 Å². The molecule has 1 fully saturated rings. The highest BCUT2D eigenvalue weighted by Gasteiger charge is 2.30. The van der Waals surface area contributed by atoms with Crippen molar-refractivity contribution in [1.29, 1.82) is 0 Å². The van der Waals surface area contributed by atoms with Crippen molar-refractivity contribution in [1.82, 2.24) is 14.7 Å². The molecule has 2 aromatic carbocycles. The third-order valence-electron chi connectivity index (χ3n) is 6.20. The second kappa shape index (κ2) is 9.79. The van der Waals surface area contributed by atoms with Gasteiger partial charge in [-0.1, -0.05) is 23.7 Å². The van der Waals surface area contributed by atoms with Gasteiger partial charge in [0.05, 0.1) is 23.9 Å². The Morgan fingerprint density at radius 3 is 2.36 bits per heavy atom.